The molecule has 1 aliphatic heterocycles. The number of nitrogens with zero attached hydrogens (tertiary/aromatic N) is 2. The molecule has 1 heterocycles. The van der Waals surface area contributed by atoms with E-state index < -0.39 is 0 Å². The first-order valence-corrected chi connectivity index (χ1v) is 8.50. The van der Waals surface area contributed by atoms with Crippen LogP contribution in [0.4, 0.5) is 0 Å². The summed E-state index contributed by atoms with van der Waals surface area (Å²) in [6.07, 6.45) is 6.53. The molecule has 0 bridgehead atoms. The summed E-state index contributed by atoms with van der Waals surface area (Å²) >= 11 is 0. The van der Waals surface area contributed by atoms with E-state index in [2.05, 4.69) is 36.3 Å². The fraction of sp³-hybridized carbons (Fsp3) is 0.938. The fourth-order valence-electron chi connectivity index (χ4n) is 2.63. The SMILES string of the molecule is CCCCCNC(=NCC(C)CN1CCCC1)NCC.I. The topological polar surface area (TPSA) is 39.7 Å². The molecule has 0 spiro atoms. The molecular weight excluding hydrogens is 375 g/mol. The van der Waals surface area contributed by atoms with Crippen LogP contribution in [0.25, 0.3) is 0 Å². The molecule has 5 heteroatoms. The minimum atomic E-state index is 0. The van der Waals surface area contributed by atoms with Crippen molar-refractivity contribution in [2.24, 2.45) is 10.9 Å². The predicted molar refractivity (Wildman–Crippen MR) is 104 cm³/mol. The van der Waals surface area contributed by atoms with Gasteiger partial charge < -0.3 is 15.5 Å². The van der Waals surface area contributed by atoms with E-state index >= 15 is 0 Å². The Morgan fingerprint density at radius 2 is 1.86 bits per heavy atom. The Balaban J connectivity index is 0.00000400. The van der Waals surface area contributed by atoms with E-state index in [1.165, 1.54) is 51.7 Å². The van der Waals surface area contributed by atoms with Crippen LogP contribution in [-0.4, -0.2) is 50.1 Å². The first kappa shape index (κ1) is 21.0. The third kappa shape index (κ3) is 10.3. The molecule has 1 unspecified atom stereocenters. The van der Waals surface area contributed by atoms with Crippen molar-refractivity contribution in [1.29, 1.82) is 0 Å². The minimum absolute atomic E-state index is 0. The van der Waals surface area contributed by atoms with Gasteiger partial charge in [-0.05, 0) is 45.2 Å². The lowest BCUT2D eigenvalue weighted by atomic mass is 10.2. The summed E-state index contributed by atoms with van der Waals surface area (Å²) in [6.45, 7) is 13.3. The number of guanidine groups is 1. The average Bonchev–Trinajstić information content (AvgIpc) is 2.93. The van der Waals surface area contributed by atoms with Gasteiger partial charge in [0.2, 0.25) is 0 Å². The summed E-state index contributed by atoms with van der Waals surface area (Å²) < 4.78 is 0. The molecular formula is C16H35IN4. The highest BCUT2D eigenvalue weighted by molar-refractivity contribution is 14.0. The number of halogens is 1. The largest absolute Gasteiger partial charge is 0.357 e. The zero-order valence-corrected chi connectivity index (χ0v) is 16.5. The highest BCUT2D eigenvalue weighted by atomic mass is 127. The number of likely N-dealkylation sites (tertiary alicyclic amines) is 1. The second kappa shape index (κ2) is 13.6. The second-order valence-electron chi connectivity index (χ2n) is 5.97. The van der Waals surface area contributed by atoms with Gasteiger partial charge in [0.1, 0.15) is 0 Å². The molecule has 21 heavy (non-hydrogen) atoms. The van der Waals surface area contributed by atoms with Crippen molar-refractivity contribution in [3.63, 3.8) is 0 Å². The number of hydrogen-bond donors (Lipinski definition) is 2. The molecule has 0 aromatic rings. The van der Waals surface area contributed by atoms with E-state index in [1.54, 1.807) is 0 Å². The number of nitrogens with one attached hydrogen (secondary N) is 2. The number of unbranched alkanes of at least 4 members (excludes halogenated alkanes) is 2. The molecule has 0 amide bonds. The van der Waals surface area contributed by atoms with Crippen LogP contribution in [0, 0.1) is 5.92 Å². The zero-order valence-electron chi connectivity index (χ0n) is 14.2. The van der Waals surface area contributed by atoms with Gasteiger partial charge in [-0.1, -0.05) is 26.7 Å². The Labute approximate surface area is 148 Å². The highest BCUT2D eigenvalue weighted by Crippen LogP contribution is 2.10. The lowest BCUT2D eigenvalue weighted by Gasteiger charge is -2.19. The predicted octanol–water partition coefficient (Wildman–Crippen LogP) is 3.08. The molecule has 0 saturated carbocycles. The van der Waals surface area contributed by atoms with Crippen LogP contribution in [0.2, 0.25) is 0 Å². The van der Waals surface area contributed by atoms with Gasteiger partial charge >= 0.3 is 0 Å². The van der Waals surface area contributed by atoms with E-state index in [-0.39, 0.29) is 24.0 Å². The first-order chi connectivity index (χ1) is 9.76. The molecule has 0 aromatic carbocycles. The standard InChI is InChI=1S/C16H34N4.HI/c1-4-6-7-10-18-16(17-5-2)19-13-15(3)14-20-11-8-9-12-20;/h15H,4-14H2,1-3H3,(H2,17,18,19);1H. The van der Waals surface area contributed by atoms with Gasteiger partial charge in [0.25, 0.3) is 0 Å². The lowest BCUT2D eigenvalue weighted by Crippen LogP contribution is -2.38. The summed E-state index contributed by atoms with van der Waals surface area (Å²) in [7, 11) is 0. The maximum absolute atomic E-state index is 4.72. The van der Waals surface area contributed by atoms with Gasteiger partial charge in [-0.3, -0.25) is 4.99 Å². The van der Waals surface area contributed by atoms with Gasteiger partial charge in [-0.15, -0.1) is 24.0 Å². The molecule has 0 aromatic heterocycles. The summed E-state index contributed by atoms with van der Waals surface area (Å²) in [5.41, 5.74) is 0. The van der Waals surface area contributed by atoms with Crippen molar-refractivity contribution in [2.75, 3.05) is 39.3 Å². The smallest absolute Gasteiger partial charge is 0.191 e. The Kier molecular flexibility index (Phi) is 13.6. The van der Waals surface area contributed by atoms with Crippen molar-refractivity contribution in [2.45, 2.75) is 52.9 Å². The first-order valence-electron chi connectivity index (χ1n) is 8.50. The Morgan fingerprint density at radius 3 is 2.48 bits per heavy atom. The fourth-order valence-corrected chi connectivity index (χ4v) is 2.63. The van der Waals surface area contributed by atoms with E-state index in [9.17, 15) is 0 Å². The quantitative estimate of drug-likeness (QED) is 0.266. The molecule has 1 aliphatic rings. The maximum atomic E-state index is 4.72. The van der Waals surface area contributed by atoms with Crippen molar-refractivity contribution >= 4 is 29.9 Å². The van der Waals surface area contributed by atoms with Crippen LogP contribution in [-0.2, 0) is 0 Å². The van der Waals surface area contributed by atoms with Gasteiger partial charge in [-0.25, -0.2) is 0 Å². The van der Waals surface area contributed by atoms with Crippen molar-refractivity contribution < 1.29 is 0 Å². The third-order valence-corrected chi connectivity index (χ3v) is 3.75. The molecule has 1 saturated heterocycles. The molecule has 0 aliphatic carbocycles. The average molecular weight is 410 g/mol. The van der Waals surface area contributed by atoms with Crippen LogP contribution >= 0.6 is 24.0 Å². The molecule has 1 rings (SSSR count). The zero-order chi connectivity index (χ0) is 14.6. The third-order valence-electron chi connectivity index (χ3n) is 3.75. The van der Waals surface area contributed by atoms with Crippen LogP contribution in [0.1, 0.15) is 52.9 Å². The Bertz CT molecular complexity index is 265. The van der Waals surface area contributed by atoms with Gasteiger partial charge in [0.15, 0.2) is 5.96 Å². The van der Waals surface area contributed by atoms with Gasteiger partial charge in [0, 0.05) is 26.2 Å². The van der Waals surface area contributed by atoms with Crippen molar-refractivity contribution in [1.82, 2.24) is 15.5 Å². The minimum Gasteiger partial charge on any atom is -0.357 e. The van der Waals surface area contributed by atoms with E-state index in [1.807, 2.05) is 0 Å². The summed E-state index contributed by atoms with van der Waals surface area (Å²) in [6, 6.07) is 0. The van der Waals surface area contributed by atoms with Crippen molar-refractivity contribution in [3.8, 4) is 0 Å². The lowest BCUT2D eigenvalue weighted by molar-refractivity contribution is 0.291. The van der Waals surface area contributed by atoms with Gasteiger partial charge in [0.05, 0.1) is 0 Å². The Morgan fingerprint density at radius 1 is 1.14 bits per heavy atom. The summed E-state index contributed by atoms with van der Waals surface area (Å²) in [4.78, 5) is 7.29. The summed E-state index contributed by atoms with van der Waals surface area (Å²) in [5.74, 6) is 1.62. The number of rotatable bonds is 9. The molecule has 1 fully saturated rings. The van der Waals surface area contributed by atoms with E-state index in [4.69, 9.17) is 4.99 Å². The van der Waals surface area contributed by atoms with Crippen LogP contribution in [0.15, 0.2) is 4.99 Å². The normalized spacial score (nSPS) is 17.4. The monoisotopic (exact) mass is 410 g/mol. The molecule has 2 N–H and O–H groups in total. The van der Waals surface area contributed by atoms with Crippen LogP contribution in [0.5, 0.6) is 0 Å². The van der Waals surface area contributed by atoms with Crippen LogP contribution in [0.3, 0.4) is 0 Å². The van der Waals surface area contributed by atoms with Crippen molar-refractivity contribution in [3.05, 3.63) is 0 Å². The summed E-state index contributed by atoms with van der Waals surface area (Å²) in [5, 5.41) is 6.76. The molecule has 0 radical (unpaired) electrons. The van der Waals surface area contributed by atoms with Crippen LogP contribution < -0.4 is 10.6 Å². The van der Waals surface area contributed by atoms with E-state index in [0.717, 1.165) is 25.6 Å². The molecule has 126 valence electrons. The second-order valence-corrected chi connectivity index (χ2v) is 5.97. The van der Waals surface area contributed by atoms with Gasteiger partial charge in [-0.2, -0.15) is 0 Å². The van der Waals surface area contributed by atoms with E-state index in [0.29, 0.717) is 5.92 Å². The Hall–Kier alpha value is -0.0400. The maximum Gasteiger partial charge on any atom is 0.191 e. The number of aliphatic imine (C=N–C) groups is 1. The molecule has 4 nitrogen and oxygen atoms in total. The number of hydrogen-bond acceptors (Lipinski definition) is 2. The highest BCUT2D eigenvalue weighted by Gasteiger charge is 2.14. The molecule has 1 atom stereocenters.